The van der Waals surface area contributed by atoms with Gasteiger partial charge in [0, 0.05) is 10.5 Å². The number of rotatable bonds is 1. The van der Waals surface area contributed by atoms with E-state index in [1.54, 1.807) is 6.92 Å². The molecule has 0 saturated heterocycles. The van der Waals surface area contributed by atoms with Gasteiger partial charge in [-0.15, -0.1) is 0 Å². The highest BCUT2D eigenvalue weighted by atomic mass is 79.9. The number of aromatic nitrogens is 3. The van der Waals surface area contributed by atoms with Crippen LogP contribution in [0, 0.1) is 6.92 Å². The molecule has 0 radical (unpaired) electrons. The van der Waals surface area contributed by atoms with E-state index in [0.29, 0.717) is 5.82 Å². The number of alkyl halides is 3. The second-order valence-corrected chi connectivity index (χ2v) is 5.61. The van der Waals surface area contributed by atoms with Gasteiger partial charge in [0.25, 0.3) is 5.56 Å². The molecule has 4 nitrogen and oxygen atoms in total. The van der Waals surface area contributed by atoms with Gasteiger partial charge in [-0.25, -0.2) is 9.97 Å². The molecule has 3 rings (SSSR count). The first-order valence-electron chi connectivity index (χ1n) is 5.95. The van der Waals surface area contributed by atoms with Gasteiger partial charge in [-0.1, -0.05) is 0 Å². The molecule has 2 aromatic rings. The lowest BCUT2D eigenvalue weighted by Crippen LogP contribution is -2.24. The van der Waals surface area contributed by atoms with Crippen molar-refractivity contribution in [1.29, 1.82) is 0 Å². The van der Waals surface area contributed by atoms with Gasteiger partial charge < -0.3 is 0 Å². The van der Waals surface area contributed by atoms with Gasteiger partial charge in [-0.05, 0) is 41.8 Å². The molecular formula is C12H9BrF3N3O. The number of hydrogen-bond donors (Lipinski definition) is 0. The highest BCUT2D eigenvalue weighted by molar-refractivity contribution is 9.10. The van der Waals surface area contributed by atoms with Crippen molar-refractivity contribution >= 4 is 27.0 Å². The van der Waals surface area contributed by atoms with Gasteiger partial charge in [-0.2, -0.15) is 13.2 Å². The minimum Gasteiger partial charge on any atom is -0.293 e. The van der Waals surface area contributed by atoms with Crippen LogP contribution < -0.4 is 5.56 Å². The fourth-order valence-electron chi connectivity index (χ4n) is 2.17. The van der Waals surface area contributed by atoms with Crippen molar-refractivity contribution in [1.82, 2.24) is 14.5 Å². The monoisotopic (exact) mass is 347 g/mol. The SMILES string of the molecule is Cc1nc2nc(C(F)(F)F)c(Br)cc2c(=O)n1C1CC1. The number of pyridine rings is 1. The lowest BCUT2D eigenvalue weighted by Gasteiger charge is -2.12. The zero-order chi connectivity index (χ0) is 14.7. The van der Waals surface area contributed by atoms with Crippen LogP contribution in [-0.2, 0) is 6.18 Å². The van der Waals surface area contributed by atoms with Crippen molar-refractivity contribution in [2.24, 2.45) is 0 Å². The maximum absolute atomic E-state index is 12.8. The maximum Gasteiger partial charge on any atom is 0.434 e. The van der Waals surface area contributed by atoms with Crippen molar-refractivity contribution in [3.63, 3.8) is 0 Å². The average molecular weight is 348 g/mol. The minimum atomic E-state index is -4.59. The zero-order valence-corrected chi connectivity index (χ0v) is 11.9. The van der Waals surface area contributed by atoms with Gasteiger partial charge >= 0.3 is 6.18 Å². The summed E-state index contributed by atoms with van der Waals surface area (Å²) in [6.07, 6.45) is -2.81. The molecule has 0 unspecified atom stereocenters. The van der Waals surface area contributed by atoms with Crippen LogP contribution in [0.1, 0.15) is 30.4 Å². The van der Waals surface area contributed by atoms with E-state index in [1.807, 2.05) is 0 Å². The Bertz CT molecular complexity index is 765. The van der Waals surface area contributed by atoms with Crippen LogP contribution in [0.25, 0.3) is 11.0 Å². The Balaban J connectivity index is 2.33. The van der Waals surface area contributed by atoms with Crippen molar-refractivity contribution in [3.05, 3.63) is 32.4 Å². The largest absolute Gasteiger partial charge is 0.434 e. The molecule has 8 heteroatoms. The van der Waals surface area contributed by atoms with Crippen LogP contribution >= 0.6 is 15.9 Å². The number of aryl methyl sites for hydroxylation is 1. The van der Waals surface area contributed by atoms with Crippen LogP contribution in [0.5, 0.6) is 0 Å². The van der Waals surface area contributed by atoms with Gasteiger partial charge in [0.1, 0.15) is 5.82 Å². The third-order valence-electron chi connectivity index (χ3n) is 3.20. The van der Waals surface area contributed by atoms with E-state index in [2.05, 4.69) is 25.9 Å². The van der Waals surface area contributed by atoms with E-state index in [-0.39, 0.29) is 27.1 Å². The van der Waals surface area contributed by atoms with Crippen molar-refractivity contribution in [2.75, 3.05) is 0 Å². The second kappa shape index (κ2) is 4.28. The first kappa shape index (κ1) is 13.5. The van der Waals surface area contributed by atoms with E-state index in [0.717, 1.165) is 18.9 Å². The Hall–Kier alpha value is -1.44. The summed E-state index contributed by atoms with van der Waals surface area (Å²) in [4.78, 5) is 19.9. The highest BCUT2D eigenvalue weighted by Gasteiger charge is 2.36. The Morgan fingerprint density at radius 2 is 2.00 bits per heavy atom. The standard InChI is InChI=1S/C12H9BrF3N3O/c1-5-17-10-7(11(20)19(5)6-2-3-6)4-8(13)9(18-10)12(14,15)16/h4,6H,2-3H2,1H3. The molecule has 1 fully saturated rings. The van der Waals surface area contributed by atoms with Crippen LogP contribution in [0.3, 0.4) is 0 Å². The van der Waals surface area contributed by atoms with E-state index < -0.39 is 11.9 Å². The lowest BCUT2D eigenvalue weighted by atomic mass is 10.2. The molecule has 1 aliphatic rings. The molecule has 1 saturated carbocycles. The first-order valence-corrected chi connectivity index (χ1v) is 6.75. The van der Waals surface area contributed by atoms with Crippen molar-refractivity contribution in [3.8, 4) is 0 Å². The summed E-state index contributed by atoms with van der Waals surface area (Å²) >= 11 is 2.82. The van der Waals surface area contributed by atoms with Crippen LogP contribution in [0.4, 0.5) is 13.2 Å². The highest BCUT2D eigenvalue weighted by Crippen LogP contribution is 2.36. The van der Waals surface area contributed by atoms with Gasteiger partial charge in [0.15, 0.2) is 11.3 Å². The summed E-state index contributed by atoms with van der Waals surface area (Å²) in [5.74, 6) is 0.396. The number of hydrogen-bond acceptors (Lipinski definition) is 3. The Morgan fingerprint density at radius 1 is 1.35 bits per heavy atom. The summed E-state index contributed by atoms with van der Waals surface area (Å²) in [6, 6.07) is 1.26. The first-order chi connectivity index (χ1) is 9.29. The summed E-state index contributed by atoms with van der Waals surface area (Å²) < 4.78 is 39.7. The number of nitrogens with zero attached hydrogens (tertiary/aromatic N) is 3. The van der Waals surface area contributed by atoms with Gasteiger partial charge in [0.2, 0.25) is 0 Å². The van der Waals surface area contributed by atoms with Gasteiger partial charge in [0.05, 0.1) is 5.39 Å². The molecule has 106 valence electrons. The Kier molecular flexibility index (Phi) is 2.89. The van der Waals surface area contributed by atoms with Crippen LogP contribution in [-0.4, -0.2) is 14.5 Å². The number of fused-ring (bicyclic) bond motifs is 1. The third-order valence-corrected chi connectivity index (χ3v) is 3.81. The van der Waals surface area contributed by atoms with Crippen LogP contribution in [0.2, 0.25) is 0 Å². The molecule has 0 aromatic carbocycles. The second-order valence-electron chi connectivity index (χ2n) is 4.75. The quantitative estimate of drug-likeness (QED) is 0.795. The molecule has 2 heterocycles. The molecule has 0 spiro atoms. The Morgan fingerprint density at radius 3 is 2.55 bits per heavy atom. The van der Waals surface area contributed by atoms with Crippen molar-refractivity contribution < 1.29 is 13.2 Å². The average Bonchev–Trinajstić information content (AvgIpc) is 3.13. The molecule has 2 aromatic heterocycles. The molecule has 20 heavy (non-hydrogen) atoms. The molecule has 0 atom stereocenters. The van der Waals surface area contributed by atoms with E-state index in [1.165, 1.54) is 4.57 Å². The topological polar surface area (TPSA) is 47.8 Å². The van der Waals surface area contributed by atoms with E-state index in [9.17, 15) is 18.0 Å². The molecule has 0 aliphatic heterocycles. The summed E-state index contributed by atoms with van der Waals surface area (Å²) in [6.45, 7) is 1.61. The van der Waals surface area contributed by atoms with E-state index in [4.69, 9.17) is 0 Å². The van der Waals surface area contributed by atoms with Gasteiger partial charge in [-0.3, -0.25) is 9.36 Å². The summed E-state index contributed by atoms with van der Waals surface area (Å²) in [7, 11) is 0. The normalized spacial score (nSPS) is 15.8. The maximum atomic E-state index is 12.8. The Labute approximate surface area is 119 Å². The molecule has 0 bridgehead atoms. The smallest absolute Gasteiger partial charge is 0.293 e. The van der Waals surface area contributed by atoms with E-state index >= 15 is 0 Å². The molecule has 1 aliphatic carbocycles. The predicted octanol–water partition coefficient (Wildman–Crippen LogP) is 3.22. The predicted molar refractivity (Wildman–Crippen MR) is 69.5 cm³/mol. The molecule has 0 N–H and O–H groups in total. The fraction of sp³-hybridized carbons (Fsp3) is 0.417. The van der Waals surface area contributed by atoms with Crippen LogP contribution in [0.15, 0.2) is 15.3 Å². The lowest BCUT2D eigenvalue weighted by molar-refractivity contribution is -0.141. The number of halogens is 4. The summed E-state index contributed by atoms with van der Waals surface area (Å²) in [5.41, 5.74) is -1.57. The zero-order valence-electron chi connectivity index (χ0n) is 10.3. The van der Waals surface area contributed by atoms with Crippen molar-refractivity contribution in [2.45, 2.75) is 32.0 Å². The summed E-state index contributed by atoms with van der Waals surface area (Å²) in [5, 5.41) is 0.0994. The third kappa shape index (κ3) is 2.11. The molecular weight excluding hydrogens is 339 g/mol. The molecule has 0 amide bonds. The fourth-order valence-corrected chi connectivity index (χ4v) is 2.71. The minimum absolute atomic E-state index is 0.0994.